The molecule has 0 aromatic heterocycles. The summed E-state index contributed by atoms with van der Waals surface area (Å²) in [6.07, 6.45) is 2.48. The second kappa shape index (κ2) is 9.91. The largest absolute Gasteiger partial charge is 0.497 e. The number of anilines is 1. The van der Waals surface area contributed by atoms with Gasteiger partial charge in [-0.15, -0.1) is 0 Å². The van der Waals surface area contributed by atoms with E-state index in [0.717, 1.165) is 24.0 Å². The summed E-state index contributed by atoms with van der Waals surface area (Å²) in [7, 11) is -1.91. The van der Waals surface area contributed by atoms with E-state index >= 15 is 0 Å². The van der Waals surface area contributed by atoms with Gasteiger partial charge in [-0.1, -0.05) is 19.1 Å². The van der Waals surface area contributed by atoms with Crippen molar-refractivity contribution in [2.24, 2.45) is 0 Å². The predicted octanol–water partition coefficient (Wildman–Crippen LogP) is 3.24. The van der Waals surface area contributed by atoms with Gasteiger partial charge in [-0.05, 0) is 42.7 Å². The Bertz CT molecular complexity index is 1010. The number of nitrogens with zero attached hydrogens (tertiary/aromatic N) is 1. The van der Waals surface area contributed by atoms with Gasteiger partial charge in [-0.3, -0.25) is 9.10 Å². The number of carbonyl (C=O) groups is 1. The van der Waals surface area contributed by atoms with Crippen molar-refractivity contribution in [3.8, 4) is 17.2 Å². The molecule has 0 bridgehead atoms. The summed E-state index contributed by atoms with van der Waals surface area (Å²) < 4.78 is 41.7. The number of benzene rings is 2. The Balaban J connectivity index is 1.59. The maximum absolute atomic E-state index is 12.5. The monoisotopic (exact) mass is 448 g/mol. The Morgan fingerprint density at radius 3 is 2.52 bits per heavy atom. The van der Waals surface area contributed by atoms with Gasteiger partial charge in [0.25, 0.3) is 0 Å². The molecule has 0 radical (unpaired) electrons. The van der Waals surface area contributed by atoms with Gasteiger partial charge < -0.3 is 19.5 Å². The Kier molecular flexibility index (Phi) is 7.27. The van der Waals surface area contributed by atoms with Crippen LogP contribution in [-0.4, -0.2) is 41.0 Å². The van der Waals surface area contributed by atoms with E-state index in [9.17, 15) is 13.2 Å². The van der Waals surface area contributed by atoms with Crippen LogP contribution in [0.4, 0.5) is 5.69 Å². The third-order valence-electron chi connectivity index (χ3n) is 5.07. The van der Waals surface area contributed by atoms with Gasteiger partial charge in [0.15, 0.2) is 11.5 Å². The first kappa shape index (κ1) is 22.7. The van der Waals surface area contributed by atoms with Crippen molar-refractivity contribution >= 4 is 21.6 Å². The molecule has 1 aliphatic rings. The number of hydrogen-bond acceptors (Lipinski definition) is 6. The van der Waals surface area contributed by atoms with E-state index in [4.69, 9.17) is 14.2 Å². The highest BCUT2D eigenvalue weighted by molar-refractivity contribution is 7.92. The van der Waals surface area contributed by atoms with Crippen molar-refractivity contribution in [3.05, 3.63) is 48.0 Å². The van der Waals surface area contributed by atoms with Crippen LogP contribution in [0.15, 0.2) is 42.5 Å². The number of methoxy groups -OCH3 is 1. The standard InChI is InChI=1S/C22H28N2O6S/c1-4-19(16-7-10-18(28-2)11-8-16)23-22(25)6-5-13-24(31(3,26)27)17-9-12-20-21(14-17)30-15-29-20/h7-12,14,19H,4-6,13,15H2,1-3H3,(H,23,25). The van der Waals surface area contributed by atoms with Gasteiger partial charge >= 0.3 is 0 Å². The lowest BCUT2D eigenvalue weighted by Gasteiger charge is -2.23. The summed E-state index contributed by atoms with van der Waals surface area (Å²) in [5, 5.41) is 3.02. The van der Waals surface area contributed by atoms with Crippen LogP contribution in [0.2, 0.25) is 0 Å². The normalized spacial score (nSPS) is 13.5. The molecule has 1 N–H and O–H groups in total. The summed E-state index contributed by atoms with van der Waals surface area (Å²) in [6, 6.07) is 12.5. The topological polar surface area (TPSA) is 94.2 Å². The third kappa shape index (κ3) is 5.81. The van der Waals surface area contributed by atoms with Gasteiger partial charge in [0, 0.05) is 19.0 Å². The van der Waals surface area contributed by atoms with E-state index in [1.165, 1.54) is 4.31 Å². The fourth-order valence-corrected chi connectivity index (χ4v) is 4.39. The molecular formula is C22H28N2O6S. The SMILES string of the molecule is CCC(NC(=O)CCCN(c1ccc2c(c1)OCO2)S(C)(=O)=O)c1ccc(OC)cc1. The number of rotatable bonds is 10. The molecule has 1 heterocycles. The first-order valence-electron chi connectivity index (χ1n) is 10.1. The maximum Gasteiger partial charge on any atom is 0.232 e. The lowest BCUT2D eigenvalue weighted by atomic mass is 10.0. The second-order valence-corrected chi connectivity index (χ2v) is 9.18. The molecule has 0 fully saturated rings. The van der Waals surface area contributed by atoms with Crippen LogP contribution in [0, 0.1) is 0 Å². The van der Waals surface area contributed by atoms with Crippen LogP contribution < -0.4 is 23.8 Å². The van der Waals surface area contributed by atoms with Crippen LogP contribution >= 0.6 is 0 Å². The molecule has 9 heteroatoms. The predicted molar refractivity (Wildman–Crippen MR) is 118 cm³/mol. The fraction of sp³-hybridized carbons (Fsp3) is 0.409. The first-order chi connectivity index (χ1) is 14.8. The number of nitrogens with one attached hydrogen (secondary N) is 1. The minimum Gasteiger partial charge on any atom is -0.497 e. The van der Waals surface area contributed by atoms with E-state index in [1.807, 2.05) is 31.2 Å². The molecule has 31 heavy (non-hydrogen) atoms. The average Bonchev–Trinajstić information content (AvgIpc) is 3.22. The Morgan fingerprint density at radius 1 is 1.16 bits per heavy atom. The smallest absolute Gasteiger partial charge is 0.232 e. The van der Waals surface area contributed by atoms with Crippen molar-refractivity contribution in [2.45, 2.75) is 32.2 Å². The molecule has 1 aliphatic heterocycles. The van der Waals surface area contributed by atoms with Crippen LogP contribution in [-0.2, 0) is 14.8 Å². The van der Waals surface area contributed by atoms with Crippen molar-refractivity contribution in [1.29, 1.82) is 0 Å². The molecule has 2 aromatic carbocycles. The molecule has 0 spiro atoms. The zero-order valence-corrected chi connectivity index (χ0v) is 18.8. The van der Waals surface area contributed by atoms with Crippen molar-refractivity contribution in [3.63, 3.8) is 0 Å². The Labute approximate surface area is 183 Å². The lowest BCUT2D eigenvalue weighted by molar-refractivity contribution is -0.121. The summed E-state index contributed by atoms with van der Waals surface area (Å²) in [4.78, 5) is 12.5. The summed E-state index contributed by atoms with van der Waals surface area (Å²) >= 11 is 0. The molecule has 0 aliphatic carbocycles. The summed E-state index contributed by atoms with van der Waals surface area (Å²) in [6.45, 7) is 2.30. The molecule has 1 amide bonds. The van der Waals surface area contributed by atoms with E-state index in [2.05, 4.69) is 5.32 Å². The molecule has 2 aromatic rings. The zero-order chi connectivity index (χ0) is 22.4. The number of sulfonamides is 1. The minimum atomic E-state index is -3.52. The van der Waals surface area contributed by atoms with Crippen molar-refractivity contribution < 1.29 is 27.4 Å². The van der Waals surface area contributed by atoms with Gasteiger partial charge in [-0.25, -0.2) is 8.42 Å². The molecule has 0 saturated carbocycles. The highest BCUT2D eigenvalue weighted by Crippen LogP contribution is 2.36. The van der Waals surface area contributed by atoms with E-state index in [1.54, 1.807) is 25.3 Å². The number of fused-ring (bicyclic) bond motifs is 1. The first-order valence-corrected chi connectivity index (χ1v) is 12.0. The van der Waals surface area contributed by atoms with Gasteiger partial charge in [0.05, 0.1) is 25.1 Å². The van der Waals surface area contributed by atoms with E-state index in [0.29, 0.717) is 23.6 Å². The molecule has 1 atom stereocenters. The quantitative estimate of drug-likeness (QED) is 0.600. The highest BCUT2D eigenvalue weighted by Gasteiger charge is 2.22. The average molecular weight is 449 g/mol. The molecule has 3 rings (SSSR count). The highest BCUT2D eigenvalue weighted by atomic mass is 32.2. The van der Waals surface area contributed by atoms with Crippen LogP contribution in [0.1, 0.15) is 37.8 Å². The van der Waals surface area contributed by atoms with Crippen molar-refractivity contribution in [2.75, 3.05) is 31.0 Å². The van der Waals surface area contributed by atoms with Crippen LogP contribution in [0.3, 0.4) is 0 Å². The van der Waals surface area contributed by atoms with Crippen LogP contribution in [0.5, 0.6) is 17.2 Å². The second-order valence-electron chi connectivity index (χ2n) is 7.28. The molecule has 0 saturated heterocycles. The number of ether oxygens (including phenoxy) is 3. The lowest BCUT2D eigenvalue weighted by Crippen LogP contribution is -2.33. The third-order valence-corrected chi connectivity index (χ3v) is 6.27. The Hall–Kier alpha value is -2.94. The molecule has 1 unspecified atom stereocenters. The van der Waals surface area contributed by atoms with Crippen LogP contribution in [0.25, 0.3) is 0 Å². The molecule has 168 valence electrons. The number of hydrogen-bond donors (Lipinski definition) is 1. The molecular weight excluding hydrogens is 420 g/mol. The van der Waals surface area contributed by atoms with E-state index in [-0.39, 0.29) is 31.7 Å². The maximum atomic E-state index is 12.5. The molecule has 8 nitrogen and oxygen atoms in total. The number of carbonyl (C=O) groups excluding carboxylic acids is 1. The Morgan fingerprint density at radius 2 is 1.87 bits per heavy atom. The van der Waals surface area contributed by atoms with Crippen molar-refractivity contribution in [1.82, 2.24) is 5.32 Å². The minimum absolute atomic E-state index is 0.113. The van der Waals surface area contributed by atoms with Gasteiger partial charge in [-0.2, -0.15) is 0 Å². The van der Waals surface area contributed by atoms with Gasteiger partial charge in [0.1, 0.15) is 5.75 Å². The number of amides is 1. The summed E-state index contributed by atoms with van der Waals surface area (Å²) in [5.74, 6) is 1.73. The fourth-order valence-electron chi connectivity index (χ4n) is 3.43. The zero-order valence-electron chi connectivity index (χ0n) is 18.0. The van der Waals surface area contributed by atoms with E-state index < -0.39 is 10.0 Å². The summed E-state index contributed by atoms with van der Waals surface area (Å²) in [5.41, 5.74) is 1.48. The van der Waals surface area contributed by atoms with Gasteiger partial charge in [0.2, 0.25) is 22.7 Å².